The molecule has 2 aromatic rings. The molecule has 0 aliphatic rings. The maximum absolute atomic E-state index is 11.2. The number of nitrogens with zero attached hydrogens (tertiary/aromatic N) is 1. The van der Waals surface area contributed by atoms with Crippen LogP contribution >= 0.6 is 0 Å². The number of benzene rings is 1. The average molecular weight is 204 g/mol. The lowest BCUT2D eigenvalue weighted by molar-refractivity contribution is 0.391. The fraction of sp³-hybridized carbons (Fsp3) is 0.182. The molecule has 0 aliphatic heterocycles. The summed E-state index contributed by atoms with van der Waals surface area (Å²) in [5.74, 6) is 0. The molecule has 0 bridgehead atoms. The Morgan fingerprint density at radius 1 is 1.33 bits per heavy atom. The molecule has 1 aromatic carbocycles. The van der Waals surface area contributed by atoms with Crippen molar-refractivity contribution in [2.24, 2.45) is 0 Å². The van der Waals surface area contributed by atoms with Gasteiger partial charge in [-0.05, 0) is 5.56 Å². The number of rotatable bonds is 3. The van der Waals surface area contributed by atoms with Crippen molar-refractivity contribution in [1.82, 2.24) is 5.16 Å². The Labute approximate surface area is 87.1 Å². The van der Waals surface area contributed by atoms with Crippen molar-refractivity contribution in [3.8, 4) is 0 Å². The van der Waals surface area contributed by atoms with Gasteiger partial charge >= 0.3 is 5.63 Å². The molecule has 4 heteroatoms. The van der Waals surface area contributed by atoms with Gasteiger partial charge in [-0.25, -0.2) is 9.95 Å². The summed E-state index contributed by atoms with van der Waals surface area (Å²) < 4.78 is 4.60. The summed E-state index contributed by atoms with van der Waals surface area (Å²) >= 11 is 0. The van der Waals surface area contributed by atoms with E-state index in [1.807, 2.05) is 42.3 Å². The quantitative estimate of drug-likeness (QED) is 0.826. The van der Waals surface area contributed by atoms with Gasteiger partial charge in [0.05, 0.1) is 6.20 Å². The Bertz CT molecular complexity index is 473. The second-order valence-electron chi connectivity index (χ2n) is 3.38. The molecule has 1 N–H and O–H groups in total. The molecule has 0 unspecified atom stereocenters. The summed E-state index contributed by atoms with van der Waals surface area (Å²) in [5.41, 5.74) is 1.35. The lowest BCUT2D eigenvalue weighted by Gasteiger charge is -2.15. The van der Waals surface area contributed by atoms with Crippen molar-refractivity contribution >= 4 is 5.69 Å². The van der Waals surface area contributed by atoms with Gasteiger partial charge in [0, 0.05) is 13.6 Å². The first-order valence-corrected chi connectivity index (χ1v) is 4.69. The van der Waals surface area contributed by atoms with Gasteiger partial charge in [0.1, 0.15) is 5.69 Å². The fourth-order valence-corrected chi connectivity index (χ4v) is 1.46. The standard InChI is InChI=1S/C11H12N2O2/c1-13(10-7-12-15-11(10)14)8-9-5-3-2-4-6-9/h2-7,12H,8H2,1H3. The van der Waals surface area contributed by atoms with Gasteiger partial charge in [-0.3, -0.25) is 0 Å². The minimum Gasteiger partial charge on any atom is -0.363 e. The van der Waals surface area contributed by atoms with Gasteiger partial charge in [0.2, 0.25) is 0 Å². The van der Waals surface area contributed by atoms with E-state index in [1.165, 1.54) is 0 Å². The van der Waals surface area contributed by atoms with Crippen molar-refractivity contribution in [3.05, 3.63) is 52.5 Å². The van der Waals surface area contributed by atoms with E-state index in [0.29, 0.717) is 12.2 Å². The van der Waals surface area contributed by atoms with E-state index in [4.69, 9.17) is 0 Å². The molecule has 0 spiro atoms. The minimum absolute atomic E-state index is 0.339. The summed E-state index contributed by atoms with van der Waals surface area (Å²) in [6.45, 7) is 0.684. The second-order valence-corrected chi connectivity index (χ2v) is 3.38. The van der Waals surface area contributed by atoms with E-state index < -0.39 is 0 Å². The van der Waals surface area contributed by atoms with E-state index in [2.05, 4.69) is 9.68 Å². The number of anilines is 1. The first-order valence-electron chi connectivity index (χ1n) is 4.69. The van der Waals surface area contributed by atoms with Crippen LogP contribution in [0.2, 0.25) is 0 Å². The summed E-state index contributed by atoms with van der Waals surface area (Å²) in [7, 11) is 1.85. The van der Waals surface area contributed by atoms with Crippen LogP contribution in [0.1, 0.15) is 5.56 Å². The van der Waals surface area contributed by atoms with Crippen molar-refractivity contribution in [2.45, 2.75) is 6.54 Å². The zero-order chi connectivity index (χ0) is 10.7. The number of aromatic amines is 1. The van der Waals surface area contributed by atoms with Gasteiger partial charge in [0.25, 0.3) is 0 Å². The molecule has 4 nitrogen and oxygen atoms in total. The van der Waals surface area contributed by atoms with E-state index in [9.17, 15) is 4.79 Å². The van der Waals surface area contributed by atoms with Crippen LogP contribution in [-0.2, 0) is 6.54 Å². The van der Waals surface area contributed by atoms with Crippen molar-refractivity contribution in [1.29, 1.82) is 0 Å². The topological polar surface area (TPSA) is 49.2 Å². The summed E-state index contributed by atoms with van der Waals surface area (Å²) in [6, 6.07) is 9.95. The smallest absolute Gasteiger partial charge is 0.363 e. The van der Waals surface area contributed by atoms with E-state index in [1.54, 1.807) is 6.20 Å². The van der Waals surface area contributed by atoms with Gasteiger partial charge in [0.15, 0.2) is 0 Å². The Balaban J connectivity index is 2.14. The first kappa shape index (κ1) is 9.58. The van der Waals surface area contributed by atoms with Crippen LogP contribution in [0.5, 0.6) is 0 Å². The third-order valence-electron chi connectivity index (χ3n) is 2.23. The summed E-state index contributed by atoms with van der Waals surface area (Å²) in [5, 5.41) is 2.44. The SMILES string of the molecule is CN(Cc1ccccc1)c1c[nH]oc1=O. The third-order valence-corrected chi connectivity index (χ3v) is 2.23. The molecule has 0 fully saturated rings. The largest absolute Gasteiger partial charge is 0.380 e. The predicted octanol–water partition coefficient (Wildman–Crippen LogP) is 1.60. The summed E-state index contributed by atoms with van der Waals surface area (Å²) in [4.78, 5) is 13.1. The van der Waals surface area contributed by atoms with Crippen LogP contribution in [0, 0.1) is 0 Å². The van der Waals surface area contributed by atoms with Gasteiger partial charge < -0.3 is 9.42 Å². The second kappa shape index (κ2) is 4.04. The molecule has 0 radical (unpaired) electrons. The first-order chi connectivity index (χ1) is 7.27. The molecule has 1 heterocycles. The van der Waals surface area contributed by atoms with Crippen LogP contribution in [0.4, 0.5) is 5.69 Å². The normalized spacial score (nSPS) is 10.2. The lowest BCUT2D eigenvalue weighted by atomic mass is 10.2. The van der Waals surface area contributed by atoms with Gasteiger partial charge in [-0.2, -0.15) is 0 Å². The Morgan fingerprint density at radius 3 is 2.67 bits per heavy atom. The molecule has 1 aromatic heterocycles. The molecule has 0 atom stereocenters. The maximum atomic E-state index is 11.2. The zero-order valence-electron chi connectivity index (χ0n) is 8.43. The molecule has 0 amide bonds. The molecular weight excluding hydrogens is 192 g/mol. The molecule has 15 heavy (non-hydrogen) atoms. The van der Waals surface area contributed by atoms with Crippen LogP contribution < -0.4 is 10.5 Å². The molecular formula is C11H12N2O2. The fourth-order valence-electron chi connectivity index (χ4n) is 1.46. The zero-order valence-corrected chi connectivity index (χ0v) is 8.43. The van der Waals surface area contributed by atoms with Crippen molar-refractivity contribution < 1.29 is 4.52 Å². The number of nitrogens with one attached hydrogen (secondary N) is 1. The monoisotopic (exact) mass is 204 g/mol. The highest BCUT2D eigenvalue weighted by atomic mass is 16.5. The highest BCUT2D eigenvalue weighted by Crippen LogP contribution is 2.09. The highest BCUT2D eigenvalue weighted by Gasteiger charge is 2.08. The molecule has 0 saturated carbocycles. The molecule has 2 rings (SSSR count). The lowest BCUT2D eigenvalue weighted by Crippen LogP contribution is -2.20. The third kappa shape index (κ3) is 2.10. The minimum atomic E-state index is -0.339. The van der Waals surface area contributed by atoms with Crippen LogP contribution in [0.15, 0.2) is 45.8 Å². The summed E-state index contributed by atoms with van der Waals surface area (Å²) in [6.07, 6.45) is 1.56. The Morgan fingerprint density at radius 2 is 2.07 bits per heavy atom. The highest BCUT2D eigenvalue weighted by molar-refractivity contribution is 5.40. The number of hydrogen-bond donors (Lipinski definition) is 1. The van der Waals surface area contributed by atoms with E-state index in [0.717, 1.165) is 5.56 Å². The number of hydrogen-bond acceptors (Lipinski definition) is 3. The number of H-pyrrole nitrogens is 1. The molecule has 0 aliphatic carbocycles. The van der Waals surface area contributed by atoms with Crippen molar-refractivity contribution in [2.75, 3.05) is 11.9 Å². The Kier molecular flexibility index (Phi) is 2.58. The average Bonchev–Trinajstić information content (AvgIpc) is 2.66. The van der Waals surface area contributed by atoms with Crippen LogP contribution in [-0.4, -0.2) is 12.2 Å². The van der Waals surface area contributed by atoms with Gasteiger partial charge in [-0.1, -0.05) is 30.3 Å². The van der Waals surface area contributed by atoms with E-state index >= 15 is 0 Å². The van der Waals surface area contributed by atoms with Crippen LogP contribution in [0.3, 0.4) is 0 Å². The van der Waals surface area contributed by atoms with Gasteiger partial charge in [-0.15, -0.1) is 0 Å². The number of aromatic nitrogens is 1. The Hall–Kier alpha value is -1.97. The van der Waals surface area contributed by atoms with Crippen LogP contribution in [0.25, 0.3) is 0 Å². The molecule has 0 saturated heterocycles. The predicted molar refractivity (Wildman–Crippen MR) is 57.9 cm³/mol. The van der Waals surface area contributed by atoms with E-state index in [-0.39, 0.29) is 5.63 Å². The maximum Gasteiger partial charge on any atom is 0.380 e. The van der Waals surface area contributed by atoms with Crippen molar-refractivity contribution in [3.63, 3.8) is 0 Å². The molecule has 78 valence electrons.